The normalized spacial score (nSPS) is 15.6. The quantitative estimate of drug-likeness (QED) is 0.433. The number of nitrogens with zero attached hydrogens (tertiary/aromatic N) is 3. The monoisotopic (exact) mass is 472 g/mol. The fraction of sp³-hybridized carbons (Fsp3) is 0.304. The van der Waals surface area contributed by atoms with Crippen LogP contribution in [0.1, 0.15) is 35.2 Å². The van der Waals surface area contributed by atoms with Crippen molar-refractivity contribution in [2.24, 2.45) is 0 Å². The third-order valence-electron chi connectivity index (χ3n) is 5.21. The first-order chi connectivity index (χ1) is 16.3. The average Bonchev–Trinajstić information content (AvgIpc) is 3.34. The van der Waals surface area contributed by atoms with Gasteiger partial charge in [-0.1, -0.05) is 0 Å². The molecule has 1 aromatic carbocycles. The minimum atomic E-state index is -4.44. The number of aryl methyl sites for hydroxylation is 1. The van der Waals surface area contributed by atoms with Crippen LogP contribution in [0.5, 0.6) is 5.75 Å². The Kier molecular flexibility index (Phi) is 6.80. The van der Waals surface area contributed by atoms with E-state index in [2.05, 4.69) is 30.8 Å². The molecule has 0 spiro atoms. The molecule has 3 N–H and O–H groups in total. The third kappa shape index (κ3) is 5.36. The Morgan fingerprint density at radius 1 is 1.26 bits per heavy atom. The van der Waals surface area contributed by atoms with E-state index in [1.165, 1.54) is 18.6 Å². The van der Waals surface area contributed by atoms with Crippen LogP contribution in [0.4, 0.5) is 13.2 Å². The molecule has 2 aromatic heterocycles. The van der Waals surface area contributed by atoms with E-state index in [-0.39, 0.29) is 5.91 Å². The van der Waals surface area contributed by atoms with Gasteiger partial charge in [0.2, 0.25) is 0 Å². The Labute approximate surface area is 193 Å². The number of benzene rings is 1. The molecule has 0 saturated heterocycles. The topological polar surface area (TPSA) is 105 Å². The summed E-state index contributed by atoms with van der Waals surface area (Å²) in [7, 11) is 0. The van der Waals surface area contributed by atoms with Gasteiger partial charge in [-0.25, -0.2) is 9.97 Å². The molecule has 1 aliphatic heterocycles. The standard InChI is InChI=1S/C23H23F3N6O2/c1-2-34-19-12-17(14-7-9-27-20(11-14)23(24,25)26)31-18-10-15(5-6-16(18)19)22(33)28-8-3-4-21-29-13-30-32-21/h5-7,9-13,20,27H,2-4,8H2,1H3,(H,28,33)(H,29,30,32). The second-order valence-electron chi connectivity index (χ2n) is 7.60. The highest BCUT2D eigenvalue weighted by Crippen LogP contribution is 2.32. The van der Waals surface area contributed by atoms with Gasteiger partial charge in [-0.3, -0.25) is 9.89 Å². The first-order valence-corrected chi connectivity index (χ1v) is 10.8. The molecule has 11 heteroatoms. The molecule has 1 amide bonds. The van der Waals surface area contributed by atoms with Crippen LogP contribution in [-0.2, 0) is 6.42 Å². The summed E-state index contributed by atoms with van der Waals surface area (Å²) < 4.78 is 45.3. The Hall–Kier alpha value is -3.89. The summed E-state index contributed by atoms with van der Waals surface area (Å²) in [6, 6.07) is 4.81. The lowest BCUT2D eigenvalue weighted by Gasteiger charge is -2.21. The van der Waals surface area contributed by atoms with Crippen molar-refractivity contribution in [3.8, 4) is 5.75 Å². The van der Waals surface area contributed by atoms with Gasteiger partial charge in [0.05, 0.1) is 17.8 Å². The Morgan fingerprint density at radius 2 is 2.12 bits per heavy atom. The van der Waals surface area contributed by atoms with Crippen molar-refractivity contribution in [1.82, 2.24) is 30.8 Å². The number of carbonyl (C=O) groups excluding carboxylic acids is 1. The number of H-pyrrole nitrogens is 1. The highest BCUT2D eigenvalue weighted by atomic mass is 19.4. The SMILES string of the molecule is CCOc1cc(C2=CC(C(F)(F)F)NC=C2)nc2cc(C(=O)NCCCc3ncn[nH]3)ccc12. The van der Waals surface area contributed by atoms with Crippen molar-refractivity contribution in [1.29, 1.82) is 0 Å². The zero-order valence-corrected chi connectivity index (χ0v) is 18.3. The molecular formula is C23H23F3N6O2. The van der Waals surface area contributed by atoms with E-state index >= 15 is 0 Å². The second-order valence-corrected chi connectivity index (χ2v) is 7.60. The van der Waals surface area contributed by atoms with Gasteiger partial charge < -0.3 is 15.4 Å². The summed E-state index contributed by atoms with van der Waals surface area (Å²) in [5, 5.41) is 12.4. The van der Waals surface area contributed by atoms with Crippen LogP contribution < -0.4 is 15.4 Å². The number of alkyl halides is 3. The number of nitrogens with one attached hydrogen (secondary N) is 3. The Morgan fingerprint density at radius 3 is 2.85 bits per heavy atom. The highest BCUT2D eigenvalue weighted by molar-refractivity contribution is 5.99. The predicted octanol–water partition coefficient (Wildman–Crippen LogP) is 3.55. The van der Waals surface area contributed by atoms with Crippen LogP contribution in [0.3, 0.4) is 0 Å². The fourth-order valence-electron chi connectivity index (χ4n) is 3.56. The van der Waals surface area contributed by atoms with Crippen LogP contribution in [-0.4, -0.2) is 51.4 Å². The van der Waals surface area contributed by atoms with Crippen LogP contribution in [0.2, 0.25) is 0 Å². The zero-order chi connectivity index (χ0) is 24.1. The fourth-order valence-corrected chi connectivity index (χ4v) is 3.56. The van der Waals surface area contributed by atoms with Gasteiger partial charge in [0.25, 0.3) is 5.91 Å². The molecule has 0 saturated carbocycles. The summed E-state index contributed by atoms with van der Waals surface area (Å²) in [6.07, 6.45) is 2.18. The molecule has 3 aromatic rings. The molecule has 178 valence electrons. The highest BCUT2D eigenvalue weighted by Gasteiger charge is 2.38. The van der Waals surface area contributed by atoms with Gasteiger partial charge in [-0.15, -0.1) is 0 Å². The molecule has 0 fully saturated rings. The lowest BCUT2D eigenvalue weighted by Crippen LogP contribution is -2.39. The van der Waals surface area contributed by atoms with Gasteiger partial charge in [0.1, 0.15) is 23.9 Å². The number of ether oxygens (including phenoxy) is 1. The van der Waals surface area contributed by atoms with Crippen LogP contribution >= 0.6 is 0 Å². The summed E-state index contributed by atoms with van der Waals surface area (Å²) in [6.45, 7) is 2.63. The molecule has 0 aliphatic carbocycles. The van der Waals surface area contributed by atoms with E-state index in [0.29, 0.717) is 59.5 Å². The minimum absolute atomic E-state index is 0.275. The number of dihydropyridines is 1. The largest absolute Gasteiger partial charge is 0.493 e. The number of carbonyl (C=O) groups is 1. The smallest absolute Gasteiger partial charge is 0.412 e. The molecule has 1 atom stereocenters. The summed E-state index contributed by atoms with van der Waals surface area (Å²) >= 11 is 0. The first kappa shape index (κ1) is 23.3. The molecule has 0 radical (unpaired) electrons. The lowest BCUT2D eigenvalue weighted by molar-refractivity contribution is -0.142. The van der Waals surface area contributed by atoms with Crippen LogP contribution in [0.25, 0.3) is 16.5 Å². The van der Waals surface area contributed by atoms with E-state index in [4.69, 9.17) is 4.74 Å². The molecule has 4 rings (SSSR count). The molecular weight excluding hydrogens is 449 g/mol. The van der Waals surface area contributed by atoms with Crippen molar-refractivity contribution < 1.29 is 22.7 Å². The number of hydrogen-bond donors (Lipinski definition) is 3. The van der Waals surface area contributed by atoms with Gasteiger partial charge in [0, 0.05) is 35.6 Å². The molecule has 0 bridgehead atoms. The van der Waals surface area contributed by atoms with Gasteiger partial charge >= 0.3 is 6.18 Å². The number of allylic oxidation sites excluding steroid dienone is 2. The third-order valence-corrected chi connectivity index (χ3v) is 5.21. The second kappa shape index (κ2) is 9.94. The maximum atomic E-state index is 13.2. The molecule has 34 heavy (non-hydrogen) atoms. The van der Waals surface area contributed by atoms with Crippen molar-refractivity contribution in [3.63, 3.8) is 0 Å². The summed E-state index contributed by atoms with van der Waals surface area (Å²) in [4.78, 5) is 21.2. The van der Waals surface area contributed by atoms with Gasteiger partial charge in [-0.05, 0) is 49.9 Å². The number of aromatic nitrogens is 4. The zero-order valence-electron chi connectivity index (χ0n) is 18.3. The molecule has 1 unspecified atom stereocenters. The Balaban J connectivity index is 1.57. The van der Waals surface area contributed by atoms with Crippen molar-refractivity contribution in [2.45, 2.75) is 32.0 Å². The maximum absolute atomic E-state index is 13.2. The van der Waals surface area contributed by atoms with Crippen LogP contribution in [0, 0.1) is 0 Å². The number of pyridine rings is 1. The van der Waals surface area contributed by atoms with Crippen molar-refractivity contribution in [2.75, 3.05) is 13.2 Å². The van der Waals surface area contributed by atoms with E-state index in [9.17, 15) is 18.0 Å². The number of amides is 1. The van der Waals surface area contributed by atoms with E-state index in [0.717, 1.165) is 11.9 Å². The average molecular weight is 472 g/mol. The van der Waals surface area contributed by atoms with E-state index in [1.807, 2.05) is 6.92 Å². The number of halogens is 3. The Bertz CT molecular complexity index is 1220. The summed E-state index contributed by atoms with van der Waals surface area (Å²) in [5.41, 5.74) is 1.48. The number of rotatable bonds is 8. The first-order valence-electron chi connectivity index (χ1n) is 10.8. The molecule has 3 heterocycles. The number of aromatic amines is 1. The lowest BCUT2D eigenvalue weighted by atomic mass is 10.0. The minimum Gasteiger partial charge on any atom is -0.493 e. The van der Waals surface area contributed by atoms with E-state index in [1.54, 1.807) is 24.3 Å². The maximum Gasteiger partial charge on any atom is 0.412 e. The van der Waals surface area contributed by atoms with Crippen LogP contribution in [0.15, 0.2) is 48.9 Å². The molecule has 1 aliphatic rings. The van der Waals surface area contributed by atoms with Gasteiger partial charge in [0.15, 0.2) is 0 Å². The number of fused-ring (bicyclic) bond motifs is 1. The predicted molar refractivity (Wildman–Crippen MR) is 120 cm³/mol. The van der Waals surface area contributed by atoms with Gasteiger partial charge in [-0.2, -0.15) is 18.3 Å². The number of hydrogen-bond acceptors (Lipinski definition) is 6. The molecule has 8 nitrogen and oxygen atoms in total. The summed E-state index contributed by atoms with van der Waals surface area (Å²) in [5.74, 6) is 0.954. The van der Waals surface area contributed by atoms with Crippen molar-refractivity contribution >= 4 is 22.4 Å². The van der Waals surface area contributed by atoms with E-state index < -0.39 is 12.2 Å². The van der Waals surface area contributed by atoms with Crippen molar-refractivity contribution in [3.05, 3.63) is 66.0 Å².